The Morgan fingerprint density at radius 2 is 2.05 bits per heavy atom. The van der Waals surface area contributed by atoms with E-state index in [2.05, 4.69) is 15.3 Å². The first kappa shape index (κ1) is 13.9. The average Bonchev–Trinajstić information content (AvgIpc) is 2.48. The number of nitrogen functional groups attached to an aromatic ring is 1. The van der Waals surface area contributed by atoms with Crippen molar-refractivity contribution in [2.75, 3.05) is 25.3 Å². The number of nitrogens with one attached hydrogen (secondary N) is 1. The minimum atomic E-state index is 0.250. The van der Waals surface area contributed by atoms with Crippen LogP contribution in [-0.4, -0.2) is 24.2 Å². The Morgan fingerprint density at radius 3 is 2.75 bits per heavy atom. The smallest absolute Gasteiger partial charge is 0.221 e. The second-order valence-electron chi connectivity index (χ2n) is 4.29. The lowest BCUT2D eigenvalue weighted by atomic mass is 10.2. The highest BCUT2D eigenvalue weighted by Gasteiger charge is 2.07. The lowest BCUT2D eigenvalue weighted by Gasteiger charge is -2.12. The molecule has 2 rings (SSSR count). The predicted molar refractivity (Wildman–Crippen MR) is 78.1 cm³/mol. The lowest BCUT2D eigenvalue weighted by molar-refractivity contribution is 0.391. The van der Waals surface area contributed by atoms with E-state index < -0.39 is 0 Å². The van der Waals surface area contributed by atoms with Crippen LogP contribution >= 0.6 is 0 Å². The second kappa shape index (κ2) is 6.10. The summed E-state index contributed by atoms with van der Waals surface area (Å²) in [6.07, 6.45) is 1.69. The summed E-state index contributed by atoms with van der Waals surface area (Å²) in [6, 6.07) is 5.68. The molecule has 0 spiro atoms. The summed E-state index contributed by atoms with van der Waals surface area (Å²) in [6.45, 7) is 2.50. The first-order chi connectivity index (χ1) is 9.63. The maximum atomic E-state index is 5.59. The highest BCUT2D eigenvalue weighted by molar-refractivity contribution is 5.48. The first-order valence-corrected chi connectivity index (χ1v) is 6.18. The van der Waals surface area contributed by atoms with Crippen molar-refractivity contribution in [2.24, 2.45) is 0 Å². The molecule has 1 heterocycles. The third-order valence-electron chi connectivity index (χ3n) is 2.93. The number of rotatable bonds is 5. The molecule has 0 saturated carbocycles. The minimum Gasteiger partial charge on any atom is -0.497 e. The summed E-state index contributed by atoms with van der Waals surface area (Å²) in [5, 5.41) is 3.23. The van der Waals surface area contributed by atoms with E-state index in [0.29, 0.717) is 6.54 Å². The molecule has 0 aliphatic rings. The zero-order valence-corrected chi connectivity index (χ0v) is 11.8. The van der Waals surface area contributed by atoms with Gasteiger partial charge in [0.25, 0.3) is 0 Å². The Kier molecular flexibility index (Phi) is 4.24. The van der Waals surface area contributed by atoms with Gasteiger partial charge in [-0.25, -0.2) is 4.98 Å². The molecule has 2 aromatic rings. The van der Waals surface area contributed by atoms with Crippen LogP contribution in [0.4, 0.5) is 11.8 Å². The molecule has 1 aromatic carbocycles. The van der Waals surface area contributed by atoms with Gasteiger partial charge in [0.1, 0.15) is 17.3 Å². The van der Waals surface area contributed by atoms with Crippen LogP contribution in [0.3, 0.4) is 0 Å². The number of methoxy groups -OCH3 is 2. The zero-order chi connectivity index (χ0) is 14.5. The van der Waals surface area contributed by atoms with Crippen molar-refractivity contribution >= 4 is 11.8 Å². The molecule has 0 amide bonds. The maximum absolute atomic E-state index is 5.59. The van der Waals surface area contributed by atoms with Crippen LogP contribution in [0, 0.1) is 6.92 Å². The SMILES string of the molecule is COc1ccc(CNc2nc(N)ncc2C)c(OC)c1. The van der Waals surface area contributed by atoms with Crippen LogP contribution in [0.25, 0.3) is 0 Å². The summed E-state index contributed by atoms with van der Waals surface area (Å²) < 4.78 is 10.5. The molecule has 0 aliphatic heterocycles. The molecular formula is C14H18N4O2. The summed E-state index contributed by atoms with van der Waals surface area (Å²) in [4.78, 5) is 8.10. The van der Waals surface area contributed by atoms with E-state index in [1.54, 1.807) is 20.4 Å². The molecular weight excluding hydrogens is 256 g/mol. The lowest BCUT2D eigenvalue weighted by Crippen LogP contribution is -2.07. The van der Waals surface area contributed by atoms with E-state index in [9.17, 15) is 0 Å². The van der Waals surface area contributed by atoms with Crippen molar-refractivity contribution in [1.82, 2.24) is 9.97 Å². The second-order valence-corrected chi connectivity index (χ2v) is 4.29. The molecule has 20 heavy (non-hydrogen) atoms. The van der Waals surface area contributed by atoms with Crippen LogP contribution < -0.4 is 20.5 Å². The fourth-order valence-corrected chi connectivity index (χ4v) is 1.81. The standard InChI is InChI=1S/C14H18N4O2/c1-9-7-17-14(15)18-13(9)16-8-10-4-5-11(19-2)6-12(10)20-3/h4-7H,8H2,1-3H3,(H3,15,16,17,18). The fourth-order valence-electron chi connectivity index (χ4n) is 1.81. The summed E-state index contributed by atoms with van der Waals surface area (Å²) in [5.74, 6) is 2.49. The highest BCUT2D eigenvalue weighted by atomic mass is 16.5. The molecule has 6 heteroatoms. The number of nitrogens with zero attached hydrogens (tertiary/aromatic N) is 2. The number of aryl methyl sites for hydroxylation is 1. The Labute approximate surface area is 118 Å². The van der Waals surface area contributed by atoms with Gasteiger partial charge in [0.05, 0.1) is 14.2 Å². The van der Waals surface area contributed by atoms with Crippen molar-refractivity contribution in [1.29, 1.82) is 0 Å². The van der Waals surface area contributed by atoms with E-state index in [0.717, 1.165) is 28.4 Å². The third kappa shape index (κ3) is 3.09. The van der Waals surface area contributed by atoms with Gasteiger partial charge in [-0.2, -0.15) is 4.98 Å². The van der Waals surface area contributed by atoms with Crippen LogP contribution in [0.1, 0.15) is 11.1 Å². The largest absolute Gasteiger partial charge is 0.497 e. The number of hydrogen-bond acceptors (Lipinski definition) is 6. The van der Waals surface area contributed by atoms with Gasteiger partial charge in [0.15, 0.2) is 0 Å². The normalized spacial score (nSPS) is 10.2. The van der Waals surface area contributed by atoms with Gasteiger partial charge in [0, 0.05) is 29.9 Å². The van der Waals surface area contributed by atoms with Gasteiger partial charge in [0.2, 0.25) is 5.95 Å². The average molecular weight is 274 g/mol. The summed E-state index contributed by atoms with van der Waals surface area (Å²) in [5.41, 5.74) is 7.53. The molecule has 3 N–H and O–H groups in total. The predicted octanol–water partition coefficient (Wildman–Crippen LogP) is 2.00. The van der Waals surface area contributed by atoms with E-state index in [-0.39, 0.29) is 5.95 Å². The summed E-state index contributed by atoms with van der Waals surface area (Å²) >= 11 is 0. The third-order valence-corrected chi connectivity index (χ3v) is 2.93. The molecule has 0 radical (unpaired) electrons. The zero-order valence-electron chi connectivity index (χ0n) is 11.8. The van der Waals surface area contributed by atoms with Crippen molar-refractivity contribution in [3.8, 4) is 11.5 Å². The molecule has 6 nitrogen and oxygen atoms in total. The van der Waals surface area contributed by atoms with Crippen molar-refractivity contribution in [3.63, 3.8) is 0 Å². The molecule has 0 aliphatic carbocycles. The Hall–Kier alpha value is -2.50. The number of ether oxygens (including phenoxy) is 2. The Morgan fingerprint density at radius 1 is 1.25 bits per heavy atom. The van der Waals surface area contributed by atoms with E-state index in [1.165, 1.54) is 0 Å². The molecule has 106 valence electrons. The molecule has 0 saturated heterocycles. The van der Waals surface area contributed by atoms with Crippen LogP contribution in [0.15, 0.2) is 24.4 Å². The minimum absolute atomic E-state index is 0.250. The van der Waals surface area contributed by atoms with E-state index in [1.807, 2.05) is 25.1 Å². The number of nitrogens with two attached hydrogens (primary N) is 1. The van der Waals surface area contributed by atoms with Crippen LogP contribution in [0.5, 0.6) is 11.5 Å². The number of benzene rings is 1. The number of anilines is 2. The van der Waals surface area contributed by atoms with Gasteiger partial charge >= 0.3 is 0 Å². The van der Waals surface area contributed by atoms with Gasteiger partial charge < -0.3 is 20.5 Å². The van der Waals surface area contributed by atoms with Gasteiger partial charge in [-0.1, -0.05) is 0 Å². The molecule has 1 aromatic heterocycles. The molecule has 0 bridgehead atoms. The molecule has 0 atom stereocenters. The van der Waals surface area contributed by atoms with Gasteiger partial charge in [-0.05, 0) is 19.1 Å². The number of hydrogen-bond donors (Lipinski definition) is 2. The number of aromatic nitrogens is 2. The quantitative estimate of drug-likeness (QED) is 0.867. The van der Waals surface area contributed by atoms with Crippen molar-refractivity contribution < 1.29 is 9.47 Å². The van der Waals surface area contributed by atoms with Crippen LogP contribution in [0.2, 0.25) is 0 Å². The van der Waals surface area contributed by atoms with Crippen LogP contribution in [-0.2, 0) is 6.54 Å². The maximum Gasteiger partial charge on any atom is 0.221 e. The molecule has 0 fully saturated rings. The van der Waals surface area contributed by atoms with Gasteiger partial charge in [-0.3, -0.25) is 0 Å². The Bertz CT molecular complexity index is 602. The van der Waals surface area contributed by atoms with Crippen molar-refractivity contribution in [2.45, 2.75) is 13.5 Å². The van der Waals surface area contributed by atoms with Gasteiger partial charge in [-0.15, -0.1) is 0 Å². The Balaban J connectivity index is 2.16. The van der Waals surface area contributed by atoms with Crippen molar-refractivity contribution in [3.05, 3.63) is 35.5 Å². The van der Waals surface area contributed by atoms with E-state index in [4.69, 9.17) is 15.2 Å². The van der Waals surface area contributed by atoms with E-state index >= 15 is 0 Å². The molecule has 0 unspecified atom stereocenters. The first-order valence-electron chi connectivity index (χ1n) is 6.18. The topological polar surface area (TPSA) is 82.3 Å². The highest BCUT2D eigenvalue weighted by Crippen LogP contribution is 2.25. The monoisotopic (exact) mass is 274 g/mol. The fraction of sp³-hybridized carbons (Fsp3) is 0.286. The summed E-state index contributed by atoms with van der Waals surface area (Å²) in [7, 11) is 3.26.